The van der Waals surface area contributed by atoms with E-state index in [0.717, 1.165) is 6.07 Å². The van der Waals surface area contributed by atoms with E-state index < -0.39 is 17.6 Å². The fraction of sp³-hybridized carbons (Fsp3) is 0.0769. The minimum absolute atomic E-state index is 0.0786. The molecular formula is C13H9F2NO2. The van der Waals surface area contributed by atoms with Gasteiger partial charge >= 0.3 is 5.97 Å². The number of aryl methyl sites for hydroxylation is 1. The molecule has 92 valence electrons. The van der Waals surface area contributed by atoms with Crippen molar-refractivity contribution in [1.82, 2.24) is 4.98 Å². The number of carbonyl (C=O) groups is 1. The molecule has 0 saturated carbocycles. The Morgan fingerprint density at radius 1 is 1.33 bits per heavy atom. The second-order valence-corrected chi connectivity index (χ2v) is 3.82. The van der Waals surface area contributed by atoms with E-state index in [1.807, 2.05) is 0 Å². The molecule has 2 rings (SSSR count). The zero-order valence-electron chi connectivity index (χ0n) is 9.45. The Balaban J connectivity index is 2.71. The van der Waals surface area contributed by atoms with Crippen molar-refractivity contribution in [2.75, 3.05) is 0 Å². The van der Waals surface area contributed by atoms with Crippen molar-refractivity contribution in [3.05, 3.63) is 53.2 Å². The molecule has 18 heavy (non-hydrogen) atoms. The van der Waals surface area contributed by atoms with Gasteiger partial charge in [-0.2, -0.15) is 0 Å². The van der Waals surface area contributed by atoms with E-state index in [-0.39, 0.29) is 16.8 Å². The summed E-state index contributed by atoms with van der Waals surface area (Å²) in [4.78, 5) is 15.0. The molecule has 1 aromatic heterocycles. The van der Waals surface area contributed by atoms with E-state index in [1.54, 1.807) is 6.92 Å². The maximum absolute atomic E-state index is 13.6. The molecule has 0 amide bonds. The Kier molecular flexibility index (Phi) is 3.06. The number of pyridine rings is 1. The third-order valence-corrected chi connectivity index (χ3v) is 2.46. The third-order valence-electron chi connectivity index (χ3n) is 2.46. The normalized spacial score (nSPS) is 10.4. The van der Waals surface area contributed by atoms with Gasteiger partial charge in [0.15, 0.2) is 11.6 Å². The number of hydrogen-bond donors (Lipinski definition) is 1. The molecule has 5 heteroatoms. The third kappa shape index (κ3) is 2.07. The highest BCUT2D eigenvalue weighted by molar-refractivity contribution is 5.95. The Hall–Kier alpha value is -2.30. The van der Waals surface area contributed by atoms with Crippen LogP contribution in [0.1, 0.15) is 15.9 Å². The van der Waals surface area contributed by atoms with Crippen molar-refractivity contribution in [3.8, 4) is 11.3 Å². The van der Waals surface area contributed by atoms with Crippen LogP contribution in [0.5, 0.6) is 0 Å². The summed E-state index contributed by atoms with van der Waals surface area (Å²) in [5.74, 6) is -3.37. The second-order valence-electron chi connectivity index (χ2n) is 3.82. The molecule has 0 spiro atoms. The minimum atomic E-state index is -1.23. The van der Waals surface area contributed by atoms with E-state index in [1.165, 1.54) is 24.4 Å². The Labute approximate surface area is 102 Å². The van der Waals surface area contributed by atoms with Crippen LogP contribution in [0.3, 0.4) is 0 Å². The average molecular weight is 249 g/mol. The smallest absolute Gasteiger partial charge is 0.337 e. The number of carboxylic acid groups (broad SMARTS) is 1. The molecule has 0 fully saturated rings. The van der Waals surface area contributed by atoms with Crippen LogP contribution in [0, 0.1) is 18.6 Å². The molecule has 1 aromatic carbocycles. The van der Waals surface area contributed by atoms with E-state index in [0.29, 0.717) is 5.56 Å². The highest BCUT2D eigenvalue weighted by Gasteiger charge is 2.18. The van der Waals surface area contributed by atoms with Gasteiger partial charge in [0, 0.05) is 11.8 Å². The van der Waals surface area contributed by atoms with Gasteiger partial charge in [-0.15, -0.1) is 0 Å². The molecule has 0 unspecified atom stereocenters. The van der Waals surface area contributed by atoms with E-state index in [2.05, 4.69) is 4.98 Å². The molecule has 1 heterocycles. The topological polar surface area (TPSA) is 50.2 Å². The SMILES string of the molecule is Cc1cnc(-c2cccc(F)c2F)c(C(=O)O)c1. The van der Waals surface area contributed by atoms with Crippen molar-refractivity contribution in [1.29, 1.82) is 0 Å². The van der Waals surface area contributed by atoms with Gasteiger partial charge in [-0.3, -0.25) is 4.98 Å². The predicted octanol–water partition coefficient (Wildman–Crippen LogP) is 3.03. The lowest BCUT2D eigenvalue weighted by atomic mass is 10.0. The van der Waals surface area contributed by atoms with Crippen molar-refractivity contribution >= 4 is 5.97 Å². The quantitative estimate of drug-likeness (QED) is 0.889. The van der Waals surface area contributed by atoms with Gasteiger partial charge in [-0.25, -0.2) is 13.6 Å². The minimum Gasteiger partial charge on any atom is -0.478 e. The monoisotopic (exact) mass is 249 g/mol. The summed E-state index contributed by atoms with van der Waals surface area (Å²) in [6, 6.07) is 4.94. The summed E-state index contributed by atoms with van der Waals surface area (Å²) in [5, 5.41) is 9.06. The number of carboxylic acids is 1. The predicted molar refractivity (Wildman–Crippen MR) is 61.3 cm³/mol. The van der Waals surface area contributed by atoms with Crippen LogP contribution in [0.2, 0.25) is 0 Å². The maximum atomic E-state index is 13.6. The Morgan fingerprint density at radius 2 is 2.06 bits per heavy atom. The molecule has 0 saturated heterocycles. The number of halogens is 2. The summed E-state index contributed by atoms with van der Waals surface area (Å²) in [5.41, 5.74) is 0.241. The lowest BCUT2D eigenvalue weighted by Crippen LogP contribution is -2.04. The molecule has 0 radical (unpaired) electrons. The van der Waals surface area contributed by atoms with E-state index in [9.17, 15) is 13.6 Å². The first-order valence-electron chi connectivity index (χ1n) is 5.15. The summed E-state index contributed by atoms with van der Waals surface area (Å²) in [7, 11) is 0. The van der Waals surface area contributed by atoms with Gasteiger partial charge in [0.25, 0.3) is 0 Å². The number of aromatic nitrogens is 1. The summed E-state index contributed by atoms with van der Waals surface area (Å²) in [6.07, 6.45) is 1.41. The van der Waals surface area contributed by atoms with Gasteiger partial charge in [-0.05, 0) is 30.7 Å². The van der Waals surface area contributed by atoms with Crippen molar-refractivity contribution in [3.63, 3.8) is 0 Å². The molecule has 1 N–H and O–H groups in total. The summed E-state index contributed by atoms with van der Waals surface area (Å²) < 4.78 is 26.8. The molecule has 0 aliphatic heterocycles. The standard InChI is InChI=1S/C13H9F2NO2/c1-7-5-9(13(17)18)12(16-6-7)8-3-2-4-10(14)11(8)15/h2-6H,1H3,(H,17,18). The first kappa shape index (κ1) is 12.2. The van der Waals surface area contributed by atoms with Gasteiger partial charge in [0.1, 0.15) is 0 Å². The van der Waals surface area contributed by atoms with Crippen LogP contribution in [0.25, 0.3) is 11.3 Å². The fourth-order valence-corrected chi connectivity index (χ4v) is 1.63. The van der Waals surface area contributed by atoms with Crippen LogP contribution in [0.15, 0.2) is 30.5 Å². The highest BCUT2D eigenvalue weighted by atomic mass is 19.2. The van der Waals surface area contributed by atoms with Gasteiger partial charge < -0.3 is 5.11 Å². The van der Waals surface area contributed by atoms with Crippen LogP contribution in [-0.4, -0.2) is 16.1 Å². The van der Waals surface area contributed by atoms with E-state index in [4.69, 9.17) is 5.11 Å². The molecule has 0 bridgehead atoms. The number of benzene rings is 1. The zero-order chi connectivity index (χ0) is 13.3. The largest absolute Gasteiger partial charge is 0.478 e. The van der Waals surface area contributed by atoms with E-state index >= 15 is 0 Å². The summed E-state index contributed by atoms with van der Waals surface area (Å²) in [6.45, 7) is 1.67. The second kappa shape index (κ2) is 4.52. The van der Waals surface area contributed by atoms with Gasteiger partial charge in [0.2, 0.25) is 0 Å². The number of rotatable bonds is 2. The molecular weight excluding hydrogens is 240 g/mol. The summed E-state index contributed by atoms with van der Waals surface area (Å²) >= 11 is 0. The number of hydrogen-bond acceptors (Lipinski definition) is 2. The molecule has 0 aliphatic carbocycles. The van der Waals surface area contributed by atoms with Crippen LogP contribution in [-0.2, 0) is 0 Å². The maximum Gasteiger partial charge on any atom is 0.337 e. The van der Waals surface area contributed by atoms with Crippen LogP contribution in [0.4, 0.5) is 8.78 Å². The zero-order valence-corrected chi connectivity index (χ0v) is 9.45. The fourth-order valence-electron chi connectivity index (χ4n) is 1.63. The Morgan fingerprint density at radius 3 is 2.72 bits per heavy atom. The molecule has 2 aromatic rings. The number of nitrogens with zero attached hydrogens (tertiary/aromatic N) is 1. The van der Waals surface area contributed by atoms with Gasteiger partial charge in [0.05, 0.1) is 11.3 Å². The average Bonchev–Trinajstić information content (AvgIpc) is 2.33. The molecule has 0 atom stereocenters. The highest BCUT2D eigenvalue weighted by Crippen LogP contribution is 2.26. The van der Waals surface area contributed by atoms with Gasteiger partial charge in [-0.1, -0.05) is 6.07 Å². The Bertz CT molecular complexity index is 626. The van der Waals surface area contributed by atoms with Crippen LogP contribution >= 0.6 is 0 Å². The lowest BCUT2D eigenvalue weighted by Gasteiger charge is -2.07. The van der Waals surface area contributed by atoms with Crippen molar-refractivity contribution in [2.45, 2.75) is 6.92 Å². The molecule has 3 nitrogen and oxygen atoms in total. The number of aromatic carboxylic acids is 1. The first-order chi connectivity index (χ1) is 8.50. The lowest BCUT2D eigenvalue weighted by molar-refractivity contribution is 0.0697. The molecule has 0 aliphatic rings. The first-order valence-corrected chi connectivity index (χ1v) is 5.15. The van der Waals surface area contributed by atoms with Crippen molar-refractivity contribution in [2.24, 2.45) is 0 Å². The van der Waals surface area contributed by atoms with Crippen molar-refractivity contribution < 1.29 is 18.7 Å². The van der Waals surface area contributed by atoms with Crippen LogP contribution < -0.4 is 0 Å².